The van der Waals surface area contributed by atoms with Crippen LogP contribution in [0.15, 0.2) is 29.8 Å². The third-order valence-electron chi connectivity index (χ3n) is 2.34. The standard InChI is InChI=1S/C12H9F3N2O2S/c13-12(14,15)10-3-4-17(16-10)6-9-5-8(7-20-9)1-2-11(18)19/h1-5,7H,6H2,(H,18,19). The second kappa shape index (κ2) is 5.49. The van der Waals surface area contributed by atoms with Crippen molar-refractivity contribution in [1.82, 2.24) is 9.78 Å². The number of carbonyl (C=O) groups is 1. The molecular formula is C12H9F3N2O2S. The second-order valence-electron chi connectivity index (χ2n) is 3.91. The van der Waals surface area contributed by atoms with Crippen LogP contribution in [-0.2, 0) is 17.5 Å². The molecule has 20 heavy (non-hydrogen) atoms. The topological polar surface area (TPSA) is 55.1 Å². The molecule has 0 amide bonds. The van der Waals surface area contributed by atoms with E-state index in [0.717, 1.165) is 17.0 Å². The van der Waals surface area contributed by atoms with Gasteiger partial charge in [-0.25, -0.2) is 4.79 Å². The Bertz CT molecular complexity index is 643. The van der Waals surface area contributed by atoms with E-state index in [-0.39, 0.29) is 6.54 Å². The van der Waals surface area contributed by atoms with Gasteiger partial charge in [0.2, 0.25) is 0 Å². The first-order chi connectivity index (χ1) is 9.34. The van der Waals surface area contributed by atoms with Crippen molar-refractivity contribution in [2.24, 2.45) is 0 Å². The van der Waals surface area contributed by atoms with Crippen LogP contribution in [0.3, 0.4) is 0 Å². The molecule has 0 aliphatic carbocycles. The van der Waals surface area contributed by atoms with Gasteiger partial charge in [0.15, 0.2) is 5.69 Å². The van der Waals surface area contributed by atoms with Gasteiger partial charge in [-0.1, -0.05) is 0 Å². The average molecular weight is 302 g/mol. The second-order valence-corrected chi connectivity index (χ2v) is 4.91. The Kier molecular flexibility index (Phi) is 3.93. The lowest BCUT2D eigenvalue weighted by Crippen LogP contribution is -2.08. The number of rotatable bonds is 4. The largest absolute Gasteiger partial charge is 0.478 e. The third-order valence-corrected chi connectivity index (χ3v) is 3.28. The highest BCUT2D eigenvalue weighted by molar-refractivity contribution is 7.10. The van der Waals surface area contributed by atoms with Gasteiger partial charge < -0.3 is 5.11 Å². The number of hydrogen-bond acceptors (Lipinski definition) is 3. The van der Waals surface area contributed by atoms with Crippen LogP contribution in [-0.4, -0.2) is 20.9 Å². The number of hydrogen-bond donors (Lipinski definition) is 1. The van der Waals surface area contributed by atoms with Crippen LogP contribution in [0.5, 0.6) is 0 Å². The minimum absolute atomic E-state index is 0.210. The molecule has 4 nitrogen and oxygen atoms in total. The van der Waals surface area contributed by atoms with Crippen molar-refractivity contribution >= 4 is 23.4 Å². The van der Waals surface area contributed by atoms with Crippen LogP contribution in [0.4, 0.5) is 13.2 Å². The molecule has 106 valence electrons. The lowest BCUT2D eigenvalue weighted by atomic mass is 10.3. The highest BCUT2D eigenvalue weighted by Gasteiger charge is 2.33. The number of aliphatic carboxylic acids is 1. The smallest absolute Gasteiger partial charge is 0.435 e. The Morgan fingerprint density at radius 1 is 1.50 bits per heavy atom. The highest BCUT2D eigenvalue weighted by Crippen LogP contribution is 2.27. The van der Waals surface area contributed by atoms with Gasteiger partial charge >= 0.3 is 12.1 Å². The summed E-state index contributed by atoms with van der Waals surface area (Å²) in [5.74, 6) is -1.06. The van der Waals surface area contributed by atoms with Crippen LogP contribution in [0.2, 0.25) is 0 Å². The fraction of sp³-hybridized carbons (Fsp3) is 0.167. The molecule has 0 radical (unpaired) electrons. The maximum absolute atomic E-state index is 12.4. The zero-order valence-corrected chi connectivity index (χ0v) is 10.8. The summed E-state index contributed by atoms with van der Waals surface area (Å²) >= 11 is 1.33. The first-order valence-electron chi connectivity index (χ1n) is 5.43. The molecule has 0 saturated heterocycles. The Morgan fingerprint density at radius 2 is 2.25 bits per heavy atom. The summed E-state index contributed by atoms with van der Waals surface area (Å²) in [6, 6.07) is 2.62. The molecule has 0 bridgehead atoms. The molecule has 0 aliphatic rings. The molecule has 8 heteroatoms. The zero-order chi connectivity index (χ0) is 14.8. The molecule has 2 aromatic rings. The molecule has 0 fully saturated rings. The molecule has 1 N–H and O–H groups in total. The maximum atomic E-state index is 12.4. The molecule has 0 atom stereocenters. The van der Waals surface area contributed by atoms with Crippen molar-refractivity contribution in [2.75, 3.05) is 0 Å². The molecule has 0 aromatic carbocycles. The average Bonchev–Trinajstić information content (AvgIpc) is 2.95. The summed E-state index contributed by atoms with van der Waals surface area (Å²) in [5, 5.41) is 13.7. The van der Waals surface area contributed by atoms with E-state index < -0.39 is 17.8 Å². The first-order valence-corrected chi connectivity index (χ1v) is 6.31. The SMILES string of the molecule is O=C(O)C=Cc1csc(Cn2ccc(C(F)(F)F)n2)c1. The summed E-state index contributed by atoms with van der Waals surface area (Å²) in [6.45, 7) is 0.210. The Balaban J connectivity index is 2.07. The molecule has 0 saturated carbocycles. The Morgan fingerprint density at radius 3 is 2.85 bits per heavy atom. The molecule has 2 rings (SSSR count). The number of carboxylic acid groups (broad SMARTS) is 1. The predicted octanol–water partition coefficient (Wildman–Crippen LogP) is 3.11. The molecule has 0 unspecified atom stereocenters. The van der Waals surface area contributed by atoms with Gasteiger partial charge in [0.1, 0.15) is 0 Å². The van der Waals surface area contributed by atoms with Crippen LogP contribution in [0.1, 0.15) is 16.1 Å². The van der Waals surface area contributed by atoms with Crippen molar-refractivity contribution in [1.29, 1.82) is 0 Å². The molecule has 0 spiro atoms. The summed E-state index contributed by atoms with van der Waals surface area (Å²) < 4.78 is 38.3. The summed E-state index contributed by atoms with van der Waals surface area (Å²) in [6.07, 6.45) is -0.764. The zero-order valence-electron chi connectivity index (χ0n) is 9.96. The number of nitrogens with zero attached hydrogens (tertiary/aromatic N) is 2. The normalized spacial score (nSPS) is 12.2. The van der Waals surface area contributed by atoms with Crippen molar-refractivity contribution in [3.05, 3.63) is 45.9 Å². The van der Waals surface area contributed by atoms with Gasteiger partial charge in [-0.3, -0.25) is 4.68 Å². The van der Waals surface area contributed by atoms with Gasteiger partial charge in [0.25, 0.3) is 0 Å². The Labute approximate surface area is 115 Å². The van der Waals surface area contributed by atoms with E-state index in [9.17, 15) is 18.0 Å². The van der Waals surface area contributed by atoms with Gasteiger partial charge in [0, 0.05) is 17.2 Å². The van der Waals surface area contributed by atoms with Crippen molar-refractivity contribution in [3.63, 3.8) is 0 Å². The van der Waals surface area contributed by atoms with E-state index in [0.29, 0.717) is 5.56 Å². The fourth-order valence-corrected chi connectivity index (χ4v) is 2.34. The van der Waals surface area contributed by atoms with Crippen LogP contribution in [0, 0.1) is 0 Å². The van der Waals surface area contributed by atoms with E-state index in [2.05, 4.69) is 5.10 Å². The van der Waals surface area contributed by atoms with Gasteiger partial charge in [-0.15, -0.1) is 11.3 Å². The quantitative estimate of drug-likeness (QED) is 0.883. The summed E-state index contributed by atoms with van der Waals surface area (Å²) in [5.41, 5.74) is -0.240. The fourth-order valence-electron chi connectivity index (χ4n) is 1.50. The molecule has 2 aromatic heterocycles. The maximum Gasteiger partial charge on any atom is 0.435 e. The van der Waals surface area contributed by atoms with E-state index >= 15 is 0 Å². The van der Waals surface area contributed by atoms with Crippen LogP contribution < -0.4 is 0 Å². The van der Waals surface area contributed by atoms with Crippen molar-refractivity contribution in [3.8, 4) is 0 Å². The molecule has 2 heterocycles. The summed E-state index contributed by atoms with van der Waals surface area (Å²) in [4.78, 5) is 11.1. The minimum atomic E-state index is -4.45. The van der Waals surface area contributed by atoms with Crippen LogP contribution >= 0.6 is 11.3 Å². The first kappa shape index (κ1) is 14.3. The highest BCUT2D eigenvalue weighted by atomic mass is 32.1. The van der Waals surface area contributed by atoms with E-state index in [1.54, 1.807) is 11.4 Å². The van der Waals surface area contributed by atoms with Gasteiger partial charge in [0.05, 0.1) is 6.54 Å². The lowest BCUT2D eigenvalue weighted by Gasteiger charge is -2.01. The monoisotopic (exact) mass is 302 g/mol. The third kappa shape index (κ3) is 3.70. The van der Waals surface area contributed by atoms with Gasteiger partial charge in [-0.2, -0.15) is 18.3 Å². The van der Waals surface area contributed by atoms with E-state index in [1.165, 1.54) is 28.3 Å². The van der Waals surface area contributed by atoms with Crippen molar-refractivity contribution < 1.29 is 23.1 Å². The van der Waals surface area contributed by atoms with Crippen molar-refractivity contribution in [2.45, 2.75) is 12.7 Å². The minimum Gasteiger partial charge on any atom is -0.478 e. The summed E-state index contributed by atoms with van der Waals surface area (Å²) in [7, 11) is 0. The predicted molar refractivity (Wildman–Crippen MR) is 67.3 cm³/mol. The number of thiophene rings is 1. The lowest BCUT2D eigenvalue weighted by molar-refractivity contribution is -0.141. The van der Waals surface area contributed by atoms with E-state index in [1.807, 2.05) is 0 Å². The van der Waals surface area contributed by atoms with Crippen LogP contribution in [0.25, 0.3) is 6.08 Å². The number of aromatic nitrogens is 2. The van der Waals surface area contributed by atoms with Gasteiger partial charge in [-0.05, 0) is 29.2 Å². The number of halogens is 3. The number of alkyl halides is 3. The van der Waals surface area contributed by atoms with E-state index in [4.69, 9.17) is 5.11 Å². The number of carboxylic acids is 1. The molecule has 0 aliphatic heterocycles. The molecular weight excluding hydrogens is 293 g/mol. The Hall–Kier alpha value is -2.09.